The van der Waals surface area contributed by atoms with Crippen LogP contribution in [0.4, 0.5) is 5.82 Å². The van der Waals surface area contributed by atoms with Gasteiger partial charge in [0, 0.05) is 18.3 Å². The number of aliphatic carboxylic acids is 1. The van der Waals surface area contributed by atoms with Crippen molar-refractivity contribution in [2.24, 2.45) is 0 Å². The molecule has 0 amide bonds. The van der Waals surface area contributed by atoms with E-state index in [0.717, 1.165) is 35.5 Å². The van der Waals surface area contributed by atoms with Crippen LogP contribution in [0.1, 0.15) is 30.2 Å². The lowest BCUT2D eigenvalue weighted by molar-refractivity contribution is -0.136. The topological polar surface area (TPSA) is 75.1 Å². The molecule has 2 aromatic rings. The second-order valence-electron chi connectivity index (χ2n) is 4.84. The van der Waals surface area contributed by atoms with E-state index in [-0.39, 0.29) is 6.42 Å². The van der Waals surface area contributed by atoms with E-state index in [1.165, 1.54) is 0 Å². The molecule has 110 valence electrons. The average Bonchev–Trinajstić information content (AvgIpc) is 2.47. The van der Waals surface area contributed by atoms with E-state index in [1.54, 1.807) is 6.33 Å². The Labute approximate surface area is 124 Å². The minimum atomic E-state index is -0.824. The SMILES string of the molecule is CCCc1cc(NCc2ccccc2CC(=O)O)ncn1. The average molecular weight is 285 g/mol. The Morgan fingerprint density at radius 2 is 2.00 bits per heavy atom. The van der Waals surface area contributed by atoms with Crippen LogP contribution in [0.2, 0.25) is 0 Å². The largest absolute Gasteiger partial charge is 0.481 e. The number of carboxylic acids is 1. The van der Waals surface area contributed by atoms with Crippen molar-refractivity contribution < 1.29 is 9.90 Å². The zero-order valence-corrected chi connectivity index (χ0v) is 12.0. The number of aryl methyl sites for hydroxylation is 1. The van der Waals surface area contributed by atoms with Crippen LogP contribution in [0.3, 0.4) is 0 Å². The summed E-state index contributed by atoms with van der Waals surface area (Å²) < 4.78 is 0. The van der Waals surface area contributed by atoms with E-state index in [4.69, 9.17) is 5.11 Å². The van der Waals surface area contributed by atoms with Gasteiger partial charge in [-0.25, -0.2) is 9.97 Å². The van der Waals surface area contributed by atoms with Crippen LogP contribution in [0.15, 0.2) is 36.7 Å². The summed E-state index contributed by atoms with van der Waals surface area (Å²) in [4.78, 5) is 19.3. The van der Waals surface area contributed by atoms with Gasteiger partial charge in [-0.05, 0) is 17.5 Å². The van der Waals surface area contributed by atoms with Gasteiger partial charge < -0.3 is 10.4 Å². The Kier molecular flexibility index (Phi) is 5.26. The first-order chi connectivity index (χ1) is 10.2. The lowest BCUT2D eigenvalue weighted by Gasteiger charge is -2.10. The summed E-state index contributed by atoms with van der Waals surface area (Å²) in [6, 6.07) is 9.47. The number of carbonyl (C=O) groups is 1. The molecule has 1 aromatic heterocycles. The second-order valence-corrected chi connectivity index (χ2v) is 4.84. The van der Waals surface area contributed by atoms with Gasteiger partial charge in [0.25, 0.3) is 0 Å². The molecule has 0 saturated carbocycles. The molecule has 0 aliphatic rings. The fourth-order valence-corrected chi connectivity index (χ4v) is 2.14. The maximum atomic E-state index is 10.9. The summed E-state index contributed by atoms with van der Waals surface area (Å²) in [5.74, 6) is -0.0618. The van der Waals surface area contributed by atoms with Crippen LogP contribution in [-0.4, -0.2) is 21.0 Å². The quantitative estimate of drug-likeness (QED) is 0.818. The third-order valence-electron chi connectivity index (χ3n) is 3.15. The summed E-state index contributed by atoms with van der Waals surface area (Å²) in [6.07, 6.45) is 3.55. The summed E-state index contributed by atoms with van der Waals surface area (Å²) in [7, 11) is 0. The zero-order valence-electron chi connectivity index (χ0n) is 12.0. The molecule has 5 heteroatoms. The Hall–Kier alpha value is -2.43. The Morgan fingerprint density at radius 1 is 1.24 bits per heavy atom. The molecular formula is C16H19N3O2. The first-order valence-electron chi connectivity index (χ1n) is 7.02. The Morgan fingerprint density at radius 3 is 2.71 bits per heavy atom. The van der Waals surface area contributed by atoms with E-state index < -0.39 is 5.97 Å². The number of nitrogens with one attached hydrogen (secondary N) is 1. The van der Waals surface area contributed by atoms with Gasteiger partial charge in [-0.3, -0.25) is 4.79 Å². The summed E-state index contributed by atoms with van der Waals surface area (Å²) >= 11 is 0. The zero-order chi connectivity index (χ0) is 15.1. The Bertz CT molecular complexity index is 614. The standard InChI is InChI=1S/C16H19N3O2/c1-2-5-14-9-15(19-11-18-14)17-10-13-7-4-3-6-12(13)8-16(20)21/h3-4,6-7,9,11H,2,5,8,10H2,1H3,(H,20,21)(H,17,18,19). The smallest absolute Gasteiger partial charge is 0.307 e. The maximum absolute atomic E-state index is 10.9. The van der Waals surface area contributed by atoms with Crippen LogP contribution in [0.25, 0.3) is 0 Å². The molecule has 0 unspecified atom stereocenters. The molecule has 0 spiro atoms. The predicted octanol–water partition coefficient (Wildman–Crippen LogP) is 2.67. The Balaban J connectivity index is 2.06. The van der Waals surface area contributed by atoms with E-state index in [2.05, 4.69) is 22.2 Å². The van der Waals surface area contributed by atoms with E-state index in [9.17, 15) is 4.79 Å². The van der Waals surface area contributed by atoms with Gasteiger partial charge in [0.2, 0.25) is 0 Å². The van der Waals surface area contributed by atoms with Crippen molar-refractivity contribution >= 4 is 11.8 Å². The molecule has 0 aliphatic heterocycles. The normalized spacial score (nSPS) is 10.3. The highest BCUT2D eigenvalue weighted by molar-refractivity contribution is 5.70. The summed E-state index contributed by atoms with van der Waals surface area (Å²) in [5.41, 5.74) is 2.80. The number of benzene rings is 1. The third-order valence-corrected chi connectivity index (χ3v) is 3.15. The number of carboxylic acid groups (broad SMARTS) is 1. The molecule has 0 aliphatic carbocycles. The van der Waals surface area contributed by atoms with Crippen molar-refractivity contribution in [2.75, 3.05) is 5.32 Å². The van der Waals surface area contributed by atoms with Gasteiger partial charge in [-0.2, -0.15) is 0 Å². The third kappa shape index (κ3) is 4.56. The van der Waals surface area contributed by atoms with Crippen molar-refractivity contribution in [3.05, 3.63) is 53.5 Å². The lowest BCUT2D eigenvalue weighted by atomic mass is 10.0. The summed E-state index contributed by atoms with van der Waals surface area (Å²) in [5, 5.41) is 12.2. The van der Waals surface area contributed by atoms with E-state index in [1.807, 2.05) is 30.3 Å². The van der Waals surface area contributed by atoms with Crippen LogP contribution in [0.5, 0.6) is 0 Å². The van der Waals surface area contributed by atoms with Crippen LogP contribution < -0.4 is 5.32 Å². The van der Waals surface area contributed by atoms with Crippen molar-refractivity contribution in [1.82, 2.24) is 9.97 Å². The molecule has 1 aromatic carbocycles. The van der Waals surface area contributed by atoms with Crippen molar-refractivity contribution in [3.63, 3.8) is 0 Å². The minimum Gasteiger partial charge on any atom is -0.481 e. The molecule has 5 nitrogen and oxygen atoms in total. The molecule has 0 radical (unpaired) electrons. The first kappa shape index (κ1) is 15.0. The number of anilines is 1. The molecule has 0 saturated heterocycles. The summed E-state index contributed by atoms with van der Waals surface area (Å²) in [6.45, 7) is 2.66. The molecule has 0 fully saturated rings. The highest BCUT2D eigenvalue weighted by Crippen LogP contribution is 2.13. The van der Waals surface area contributed by atoms with Crippen molar-refractivity contribution in [1.29, 1.82) is 0 Å². The number of aromatic nitrogens is 2. The second kappa shape index (κ2) is 7.38. The lowest BCUT2D eigenvalue weighted by Crippen LogP contribution is -2.08. The number of rotatable bonds is 7. The van der Waals surface area contributed by atoms with Crippen LogP contribution >= 0.6 is 0 Å². The van der Waals surface area contributed by atoms with Gasteiger partial charge in [0.1, 0.15) is 12.1 Å². The number of hydrogen-bond acceptors (Lipinski definition) is 4. The van der Waals surface area contributed by atoms with Crippen molar-refractivity contribution in [2.45, 2.75) is 32.7 Å². The van der Waals surface area contributed by atoms with Gasteiger partial charge in [-0.15, -0.1) is 0 Å². The molecule has 2 N–H and O–H groups in total. The molecule has 1 heterocycles. The fourth-order valence-electron chi connectivity index (χ4n) is 2.14. The fraction of sp³-hybridized carbons (Fsp3) is 0.312. The van der Waals surface area contributed by atoms with Crippen molar-refractivity contribution in [3.8, 4) is 0 Å². The van der Waals surface area contributed by atoms with Gasteiger partial charge in [0.05, 0.1) is 6.42 Å². The van der Waals surface area contributed by atoms with E-state index >= 15 is 0 Å². The van der Waals surface area contributed by atoms with Gasteiger partial charge in [-0.1, -0.05) is 37.6 Å². The van der Waals surface area contributed by atoms with Gasteiger partial charge >= 0.3 is 5.97 Å². The highest BCUT2D eigenvalue weighted by Gasteiger charge is 2.06. The monoisotopic (exact) mass is 285 g/mol. The van der Waals surface area contributed by atoms with E-state index in [0.29, 0.717) is 6.54 Å². The molecule has 0 bridgehead atoms. The molecule has 0 atom stereocenters. The van der Waals surface area contributed by atoms with Gasteiger partial charge in [0.15, 0.2) is 0 Å². The number of hydrogen-bond donors (Lipinski definition) is 2. The molecule has 21 heavy (non-hydrogen) atoms. The molecule has 2 rings (SSSR count). The number of nitrogens with zero attached hydrogens (tertiary/aromatic N) is 2. The minimum absolute atomic E-state index is 0.0305. The predicted molar refractivity (Wildman–Crippen MR) is 81.1 cm³/mol. The van der Waals surface area contributed by atoms with Crippen LogP contribution in [-0.2, 0) is 24.2 Å². The van der Waals surface area contributed by atoms with Crippen LogP contribution in [0, 0.1) is 0 Å². The first-order valence-corrected chi connectivity index (χ1v) is 7.02. The highest BCUT2D eigenvalue weighted by atomic mass is 16.4. The maximum Gasteiger partial charge on any atom is 0.307 e. The molecular weight excluding hydrogens is 266 g/mol.